The minimum atomic E-state index is -5.08. The summed E-state index contributed by atoms with van der Waals surface area (Å²) in [5, 5.41) is 12.2. The van der Waals surface area contributed by atoms with Crippen molar-refractivity contribution in [3.8, 4) is 0 Å². The van der Waals surface area contributed by atoms with Gasteiger partial charge in [0.1, 0.15) is 0 Å². The largest absolute Gasteiger partial charge is 0.490 e. The van der Waals surface area contributed by atoms with Crippen LogP contribution in [-0.2, 0) is 23.4 Å². The fourth-order valence-corrected chi connectivity index (χ4v) is 4.19. The summed E-state index contributed by atoms with van der Waals surface area (Å²) in [5.74, 6) is -1.84. The number of halogens is 5. The minimum absolute atomic E-state index is 0.779. The first-order valence-corrected chi connectivity index (χ1v) is 10.1. The van der Waals surface area contributed by atoms with E-state index in [1.54, 1.807) is 0 Å². The third kappa shape index (κ3) is 6.88. The molecule has 0 aliphatic carbocycles. The number of benzene rings is 2. The van der Waals surface area contributed by atoms with E-state index < -0.39 is 12.1 Å². The fourth-order valence-electron chi connectivity index (χ4n) is 2.60. The molecule has 0 unspecified atom stereocenters. The van der Waals surface area contributed by atoms with Crippen LogP contribution in [0.15, 0.2) is 41.3 Å². The van der Waals surface area contributed by atoms with Gasteiger partial charge in [-0.2, -0.15) is 13.2 Å². The monoisotopic (exact) mass is 451 g/mol. The lowest BCUT2D eigenvalue weighted by atomic mass is 10.0. The lowest BCUT2D eigenvalue weighted by Gasteiger charge is -2.14. The highest BCUT2D eigenvalue weighted by atomic mass is 35.5. The molecule has 3 nitrogen and oxygen atoms in total. The van der Waals surface area contributed by atoms with E-state index >= 15 is 0 Å². The zero-order chi connectivity index (χ0) is 20.7. The molecular formula is C19H18Cl2F3NO2S. The number of fused-ring (bicyclic) bond motifs is 1. The smallest absolute Gasteiger partial charge is 0.475 e. The predicted molar refractivity (Wildman–Crippen MR) is 106 cm³/mol. The van der Waals surface area contributed by atoms with Crippen molar-refractivity contribution in [2.45, 2.75) is 29.7 Å². The van der Waals surface area contributed by atoms with Crippen LogP contribution in [0.5, 0.6) is 0 Å². The van der Waals surface area contributed by atoms with Crippen LogP contribution in [0.25, 0.3) is 0 Å². The van der Waals surface area contributed by atoms with Crippen molar-refractivity contribution in [1.82, 2.24) is 5.32 Å². The van der Waals surface area contributed by atoms with E-state index in [4.69, 9.17) is 33.1 Å². The average molecular weight is 452 g/mol. The molecule has 2 N–H and O–H groups in total. The van der Waals surface area contributed by atoms with Crippen LogP contribution in [0.1, 0.15) is 16.7 Å². The van der Waals surface area contributed by atoms with Gasteiger partial charge in [0.05, 0.1) is 5.02 Å². The molecule has 0 bridgehead atoms. The molecule has 2 aromatic rings. The van der Waals surface area contributed by atoms with Crippen LogP contribution in [0, 0.1) is 0 Å². The van der Waals surface area contributed by atoms with Gasteiger partial charge in [-0.25, -0.2) is 4.79 Å². The first-order valence-electron chi connectivity index (χ1n) is 8.37. The number of thioether (sulfide) groups is 1. The van der Waals surface area contributed by atoms with Gasteiger partial charge in [0.25, 0.3) is 0 Å². The SMILES string of the molecule is Clc1ccc(CSc2c(Cl)ccc3c2CCNCC3)cc1.O=C(O)C(F)(F)F. The van der Waals surface area contributed by atoms with E-state index in [0.29, 0.717) is 0 Å². The summed E-state index contributed by atoms with van der Waals surface area (Å²) in [6.07, 6.45) is -2.94. The quantitative estimate of drug-likeness (QED) is 0.595. The normalized spacial score (nSPS) is 13.8. The Hall–Kier alpha value is -1.41. The maximum atomic E-state index is 10.6. The molecule has 9 heteroatoms. The van der Waals surface area contributed by atoms with Gasteiger partial charge in [-0.3, -0.25) is 0 Å². The number of hydrogen-bond acceptors (Lipinski definition) is 3. The second-order valence-electron chi connectivity index (χ2n) is 5.98. The van der Waals surface area contributed by atoms with Gasteiger partial charge < -0.3 is 10.4 Å². The molecule has 0 saturated carbocycles. The van der Waals surface area contributed by atoms with Crippen LogP contribution in [-0.4, -0.2) is 30.3 Å². The van der Waals surface area contributed by atoms with E-state index in [1.165, 1.54) is 21.6 Å². The van der Waals surface area contributed by atoms with Crippen molar-refractivity contribution >= 4 is 40.9 Å². The Morgan fingerprint density at radius 1 is 1.07 bits per heavy atom. The molecule has 152 valence electrons. The van der Waals surface area contributed by atoms with Crippen LogP contribution in [0.2, 0.25) is 10.0 Å². The summed E-state index contributed by atoms with van der Waals surface area (Å²) in [4.78, 5) is 10.1. The van der Waals surface area contributed by atoms with Crippen LogP contribution in [0.3, 0.4) is 0 Å². The topological polar surface area (TPSA) is 49.3 Å². The van der Waals surface area contributed by atoms with Crippen LogP contribution < -0.4 is 5.32 Å². The third-order valence-electron chi connectivity index (χ3n) is 3.97. The van der Waals surface area contributed by atoms with Gasteiger partial charge in [-0.05, 0) is 60.8 Å². The van der Waals surface area contributed by atoms with E-state index in [1.807, 2.05) is 30.0 Å². The Labute approximate surface area is 175 Å². The second kappa shape index (κ2) is 10.4. The Balaban J connectivity index is 0.000000345. The van der Waals surface area contributed by atoms with E-state index in [-0.39, 0.29) is 0 Å². The van der Waals surface area contributed by atoms with Gasteiger partial charge in [0, 0.05) is 15.7 Å². The van der Waals surface area contributed by atoms with Crippen molar-refractivity contribution in [2.24, 2.45) is 0 Å². The fraction of sp³-hybridized carbons (Fsp3) is 0.316. The Bertz CT molecular complexity index is 814. The number of carboxylic acids is 1. The molecular weight excluding hydrogens is 434 g/mol. The Kier molecular flexibility index (Phi) is 8.49. The molecule has 1 aliphatic heterocycles. The van der Waals surface area contributed by atoms with Crippen molar-refractivity contribution in [1.29, 1.82) is 0 Å². The van der Waals surface area contributed by atoms with E-state index in [9.17, 15) is 13.2 Å². The molecule has 0 aromatic heterocycles. The summed E-state index contributed by atoms with van der Waals surface area (Å²) in [5.41, 5.74) is 4.12. The summed E-state index contributed by atoms with van der Waals surface area (Å²) in [6, 6.07) is 12.2. The molecule has 0 atom stereocenters. The highest BCUT2D eigenvalue weighted by molar-refractivity contribution is 7.98. The highest BCUT2D eigenvalue weighted by Gasteiger charge is 2.38. The zero-order valence-electron chi connectivity index (χ0n) is 14.7. The molecule has 0 radical (unpaired) electrons. The zero-order valence-corrected chi connectivity index (χ0v) is 17.0. The first-order chi connectivity index (χ1) is 13.2. The van der Waals surface area contributed by atoms with E-state index in [2.05, 4.69) is 23.5 Å². The number of carboxylic acid groups (broad SMARTS) is 1. The first kappa shape index (κ1) is 22.9. The lowest BCUT2D eigenvalue weighted by molar-refractivity contribution is -0.192. The summed E-state index contributed by atoms with van der Waals surface area (Å²) in [7, 11) is 0. The van der Waals surface area contributed by atoms with Crippen molar-refractivity contribution in [3.05, 3.63) is 63.1 Å². The molecule has 1 aliphatic rings. The molecule has 0 fully saturated rings. The highest BCUT2D eigenvalue weighted by Crippen LogP contribution is 2.36. The second-order valence-corrected chi connectivity index (χ2v) is 7.81. The molecule has 1 heterocycles. The third-order valence-corrected chi connectivity index (χ3v) is 5.88. The summed E-state index contributed by atoms with van der Waals surface area (Å²) >= 11 is 14.2. The lowest BCUT2D eigenvalue weighted by Crippen LogP contribution is -2.21. The van der Waals surface area contributed by atoms with Gasteiger partial charge in [-0.1, -0.05) is 41.4 Å². The standard InChI is InChI=1S/C17H17Cl2NS.C2HF3O2/c18-14-4-1-12(2-5-14)11-21-17-15-8-10-20-9-7-13(15)3-6-16(17)19;3-2(4,5)1(6)7/h1-6,20H,7-11H2;(H,6,7). The van der Waals surface area contributed by atoms with Crippen molar-refractivity contribution in [2.75, 3.05) is 13.1 Å². The molecule has 2 aromatic carbocycles. The maximum absolute atomic E-state index is 10.6. The predicted octanol–water partition coefficient (Wildman–Crippen LogP) is 5.61. The summed E-state index contributed by atoms with van der Waals surface area (Å²) in [6.45, 7) is 2.08. The molecule has 3 rings (SSSR count). The number of hydrogen-bond donors (Lipinski definition) is 2. The number of alkyl halides is 3. The number of rotatable bonds is 3. The number of nitrogens with one attached hydrogen (secondary N) is 1. The average Bonchev–Trinajstić information content (AvgIpc) is 2.87. The van der Waals surface area contributed by atoms with Gasteiger partial charge in [-0.15, -0.1) is 11.8 Å². The van der Waals surface area contributed by atoms with Crippen molar-refractivity contribution in [3.63, 3.8) is 0 Å². The van der Waals surface area contributed by atoms with Gasteiger partial charge >= 0.3 is 12.1 Å². The number of carbonyl (C=O) groups is 1. The van der Waals surface area contributed by atoms with Crippen molar-refractivity contribution < 1.29 is 23.1 Å². The molecule has 0 spiro atoms. The minimum Gasteiger partial charge on any atom is -0.475 e. The molecule has 0 saturated heterocycles. The Morgan fingerprint density at radius 2 is 1.68 bits per heavy atom. The van der Waals surface area contributed by atoms with E-state index in [0.717, 1.165) is 41.7 Å². The van der Waals surface area contributed by atoms with Crippen LogP contribution in [0.4, 0.5) is 13.2 Å². The Morgan fingerprint density at radius 3 is 2.29 bits per heavy atom. The summed E-state index contributed by atoms with van der Waals surface area (Å²) < 4.78 is 31.7. The van der Waals surface area contributed by atoms with Gasteiger partial charge in [0.15, 0.2) is 0 Å². The van der Waals surface area contributed by atoms with Crippen LogP contribution >= 0.6 is 35.0 Å². The number of aliphatic carboxylic acids is 1. The maximum Gasteiger partial charge on any atom is 0.490 e. The molecule has 28 heavy (non-hydrogen) atoms. The van der Waals surface area contributed by atoms with Gasteiger partial charge in [0.2, 0.25) is 0 Å². The molecule has 0 amide bonds.